The molecule has 2 atom stereocenters. The van der Waals surface area contributed by atoms with E-state index in [0.29, 0.717) is 5.41 Å². The molecular formula is C14H19N. The predicted molar refractivity (Wildman–Crippen MR) is 63.0 cm³/mol. The summed E-state index contributed by atoms with van der Waals surface area (Å²) in [5, 5.41) is 3.53. The first-order chi connectivity index (χ1) is 7.38. The van der Waals surface area contributed by atoms with Crippen molar-refractivity contribution in [2.75, 3.05) is 13.1 Å². The van der Waals surface area contributed by atoms with Gasteiger partial charge in [-0.1, -0.05) is 30.3 Å². The van der Waals surface area contributed by atoms with E-state index >= 15 is 0 Å². The van der Waals surface area contributed by atoms with E-state index in [2.05, 4.69) is 35.6 Å². The summed E-state index contributed by atoms with van der Waals surface area (Å²) in [6.45, 7) is 2.50. The molecule has 0 amide bonds. The zero-order valence-electron chi connectivity index (χ0n) is 9.21. The van der Waals surface area contributed by atoms with Gasteiger partial charge in [-0.25, -0.2) is 0 Å². The van der Waals surface area contributed by atoms with Crippen LogP contribution in [-0.2, 0) is 0 Å². The Labute approximate surface area is 91.9 Å². The van der Waals surface area contributed by atoms with Gasteiger partial charge in [0.2, 0.25) is 0 Å². The highest BCUT2D eigenvalue weighted by Gasteiger charge is 2.41. The predicted octanol–water partition coefficient (Wildman–Crippen LogP) is 2.93. The molecular weight excluding hydrogens is 182 g/mol. The molecule has 3 rings (SSSR count). The summed E-state index contributed by atoms with van der Waals surface area (Å²) in [6, 6.07) is 11.1. The molecule has 1 aromatic rings. The van der Waals surface area contributed by atoms with Gasteiger partial charge in [0.05, 0.1) is 0 Å². The molecule has 15 heavy (non-hydrogen) atoms. The standard InChI is InChI=1S/C14H19N/c1-2-4-12(5-3-1)13-6-7-14(10-13)8-9-15-11-14/h1-5,13,15H,6-11H2. The van der Waals surface area contributed by atoms with Crippen molar-refractivity contribution in [2.45, 2.75) is 31.6 Å². The van der Waals surface area contributed by atoms with E-state index in [9.17, 15) is 0 Å². The van der Waals surface area contributed by atoms with Crippen molar-refractivity contribution in [3.63, 3.8) is 0 Å². The van der Waals surface area contributed by atoms with Crippen molar-refractivity contribution in [1.29, 1.82) is 0 Å². The Morgan fingerprint density at radius 3 is 2.73 bits per heavy atom. The van der Waals surface area contributed by atoms with Crippen molar-refractivity contribution in [3.05, 3.63) is 35.9 Å². The minimum Gasteiger partial charge on any atom is -0.316 e. The van der Waals surface area contributed by atoms with Crippen LogP contribution in [0.15, 0.2) is 30.3 Å². The Balaban J connectivity index is 1.76. The molecule has 1 saturated heterocycles. The van der Waals surface area contributed by atoms with Gasteiger partial charge in [-0.05, 0) is 49.1 Å². The Hall–Kier alpha value is -0.820. The van der Waals surface area contributed by atoms with Crippen LogP contribution in [-0.4, -0.2) is 13.1 Å². The number of nitrogens with one attached hydrogen (secondary N) is 1. The normalized spacial score (nSPS) is 35.1. The van der Waals surface area contributed by atoms with Crippen LogP contribution in [0.3, 0.4) is 0 Å². The maximum absolute atomic E-state index is 3.53. The molecule has 2 aliphatic rings. The first kappa shape index (κ1) is 9.41. The van der Waals surface area contributed by atoms with E-state index in [0.717, 1.165) is 5.92 Å². The van der Waals surface area contributed by atoms with E-state index in [1.165, 1.54) is 38.8 Å². The summed E-state index contributed by atoms with van der Waals surface area (Å²) < 4.78 is 0. The van der Waals surface area contributed by atoms with Crippen molar-refractivity contribution in [1.82, 2.24) is 5.32 Å². The molecule has 2 fully saturated rings. The first-order valence-corrected chi connectivity index (χ1v) is 6.14. The van der Waals surface area contributed by atoms with Gasteiger partial charge in [0.15, 0.2) is 0 Å². The third-order valence-electron chi connectivity index (χ3n) is 4.31. The van der Waals surface area contributed by atoms with E-state index in [4.69, 9.17) is 0 Å². The second-order valence-corrected chi connectivity index (χ2v) is 5.28. The fourth-order valence-electron chi connectivity index (χ4n) is 3.40. The average Bonchev–Trinajstić information content (AvgIpc) is 2.91. The van der Waals surface area contributed by atoms with Gasteiger partial charge >= 0.3 is 0 Å². The summed E-state index contributed by atoms with van der Waals surface area (Å²) in [6.07, 6.45) is 5.63. The lowest BCUT2D eigenvalue weighted by Gasteiger charge is -2.21. The minimum absolute atomic E-state index is 0.653. The molecule has 1 spiro atoms. The molecule has 1 aromatic carbocycles. The number of rotatable bonds is 1. The molecule has 1 nitrogen and oxygen atoms in total. The van der Waals surface area contributed by atoms with Crippen molar-refractivity contribution >= 4 is 0 Å². The summed E-state index contributed by atoms with van der Waals surface area (Å²) in [7, 11) is 0. The van der Waals surface area contributed by atoms with Crippen LogP contribution in [0.1, 0.15) is 37.2 Å². The SMILES string of the molecule is c1ccc(C2CCC3(CCNC3)C2)cc1. The zero-order chi connectivity index (χ0) is 10.1. The van der Waals surface area contributed by atoms with Crippen LogP contribution in [0.5, 0.6) is 0 Å². The summed E-state index contributed by atoms with van der Waals surface area (Å²) >= 11 is 0. The highest BCUT2D eigenvalue weighted by Crippen LogP contribution is 2.49. The quantitative estimate of drug-likeness (QED) is 0.736. The lowest BCUT2D eigenvalue weighted by atomic mass is 9.83. The molecule has 1 aliphatic heterocycles. The molecule has 1 saturated carbocycles. The molecule has 1 heteroatoms. The summed E-state index contributed by atoms with van der Waals surface area (Å²) in [4.78, 5) is 0. The molecule has 0 radical (unpaired) electrons. The van der Waals surface area contributed by atoms with E-state index in [-0.39, 0.29) is 0 Å². The molecule has 0 aromatic heterocycles. The Kier molecular flexibility index (Phi) is 2.28. The minimum atomic E-state index is 0.653. The Bertz CT molecular complexity index is 324. The van der Waals surface area contributed by atoms with Gasteiger partial charge in [0.25, 0.3) is 0 Å². The smallest absolute Gasteiger partial charge is 0.000851 e. The number of hydrogen-bond donors (Lipinski definition) is 1. The second kappa shape index (κ2) is 3.64. The number of hydrogen-bond acceptors (Lipinski definition) is 1. The molecule has 1 heterocycles. The second-order valence-electron chi connectivity index (χ2n) is 5.28. The molecule has 0 bridgehead atoms. The molecule has 1 N–H and O–H groups in total. The lowest BCUT2D eigenvalue weighted by molar-refractivity contribution is 0.331. The van der Waals surface area contributed by atoms with E-state index in [1.807, 2.05) is 0 Å². The fourth-order valence-corrected chi connectivity index (χ4v) is 3.40. The topological polar surface area (TPSA) is 12.0 Å². The first-order valence-electron chi connectivity index (χ1n) is 6.14. The highest BCUT2D eigenvalue weighted by molar-refractivity contribution is 5.21. The van der Waals surface area contributed by atoms with Crippen LogP contribution < -0.4 is 5.32 Å². The van der Waals surface area contributed by atoms with Crippen molar-refractivity contribution < 1.29 is 0 Å². The largest absolute Gasteiger partial charge is 0.316 e. The Morgan fingerprint density at radius 2 is 2.00 bits per heavy atom. The average molecular weight is 201 g/mol. The van der Waals surface area contributed by atoms with Crippen LogP contribution in [0.4, 0.5) is 0 Å². The maximum Gasteiger partial charge on any atom is 0.000851 e. The monoisotopic (exact) mass is 201 g/mol. The summed E-state index contributed by atoms with van der Waals surface area (Å²) in [5.74, 6) is 0.825. The summed E-state index contributed by atoms with van der Waals surface area (Å²) in [5.41, 5.74) is 2.21. The van der Waals surface area contributed by atoms with Gasteiger partial charge in [0.1, 0.15) is 0 Å². The van der Waals surface area contributed by atoms with Gasteiger partial charge in [-0.15, -0.1) is 0 Å². The molecule has 80 valence electrons. The molecule has 2 unspecified atom stereocenters. The highest BCUT2D eigenvalue weighted by atomic mass is 14.9. The van der Waals surface area contributed by atoms with Crippen molar-refractivity contribution in [3.8, 4) is 0 Å². The van der Waals surface area contributed by atoms with Gasteiger partial charge < -0.3 is 5.32 Å². The Morgan fingerprint density at radius 1 is 1.13 bits per heavy atom. The van der Waals surface area contributed by atoms with E-state index in [1.54, 1.807) is 5.56 Å². The lowest BCUT2D eigenvalue weighted by Crippen LogP contribution is -2.20. The van der Waals surface area contributed by atoms with Crippen LogP contribution >= 0.6 is 0 Å². The third kappa shape index (κ3) is 1.69. The van der Waals surface area contributed by atoms with E-state index < -0.39 is 0 Å². The van der Waals surface area contributed by atoms with Gasteiger partial charge in [0, 0.05) is 6.54 Å². The van der Waals surface area contributed by atoms with Crippen molar-refractivity contribution in [2.24, 2.45) is 5.41 Å². The van der Waals surface area contributed by atoms with Crippen LogP contribution in [0, 0.1) is 5.41 Å². The maximum atomic E-state index is 3.53. The zero-order valence-corrected chi connectivity index (χ0v) is 9.21. The van der Waals surface area contributed by atoms with Gasteiger partial charge in [-0.2, -0.15) is 0 Å². The van der Waals surface area contributed by atoms with Crippen LogP contribution in [0.25, 0.3) is 0 Å². The fraction of sp³-hybridized carbons (Fsp3) is 0.571. The third-order valence-corrected chi connectivity index (χ3v) is 4.31. The van der Waals surface area contributed by atoms with Gasteiger partial charge in [-0.3, -0.25) is 0 Å². The molecule has 1 aliphatic carbocycles. The van der Waals surface area contributed by atoms with Crippen LogP contribution in [0.2, 0.25) is 0 Å². The number of benzene rings is 1.